The molecule has 1 aromatic carbocycles. The number of aliphatic hydroxyl groups excluding tert-OH is 1. The van der Waals surface area contributed by atoms with E-state index in [1.165, 1.54) is 17.0 Å². The van der Waals surface area contributed by atoms with Crippen molar-refractivity contribution in [3.63, 3.8) is 0 Å². The second kappa shape index (κ2) is 8.48. The highest BCUT2D eigenvalue weighted by molar-refractivity contribution is 5.91. The number of benzene rings is 1. The van der Waals surface area contributed by atoms with E-state index in [0.29, 0.717) is 5.69 Å². The van der Waals surface area contributed by atoms with E-state index in [4.69, 9.17) is 10.8 Å². The van der Waals surface area contributed by atoms with Crippen LogP contribution in [0.1, 0.15) is 6.42 Å². The number of nitrogen functional groups attached to an aromatic ring is 1. The number of halogens is 3. The minimum Gasteiger partial charge on any atom is -0.396 e. The standard InChI is InChI=1S/C13H18F3N3O2/c14-10-2-1-9(7-11(10)17)18-13(21)3-4-19(5-6-20)8-12(15)16/h1-2,7,12,20H,3-6,8,17H2,(H,18,21). The normalized spacial score (nSPS) is 11.1. The largest absolute Gasteiger partial charge is 0.396 e. The van der Waals surface area contributed by atoms with Crippen LogP contribution in [0.2, 0.25) is 0 Å². The molecule has 1 amide bonds. The Balaban J connectivity index is 2.46. The van der Waals surface area contributed by atoms with E-state index >= 15 is 0 Å². The maximum atomic E-state index is 13.0. The van der Waals surface area contributed by atoms with Gasteiger partial charge in [0.1, 0.15) is 5.82 Å². The van der Waals surface area contributed by atoms with Crippen LogP contribution in [0.3, 0.4) is 0 Å². The predicted octanol–water partition coefficient (Wildman–Crippen LogP) is 1.30. The van der Waals surface area contributed by atoms with E-state index in [1.54, 1.807) is 0 Å². The third-order valence-electron chi connectivity index (χ3n) is 2.75. The van der Waals surface area contributed by atoms with Crippen LogP contribution in [0.5, 0.6) is 0 Å². The van der Waals surface area contributed by atoms with Gasteiger partial charge in [-0.05, 0) is 18.2 Å². The fourth-order valence-electron chi connectivity index (χ4n) is 1.74. The van der Waals surface area contributed by atoms with Gasteiger partial charge < -0.3 is 16.2 Å². The van der Waals surface area contributed by atoms with Crippen LogP contribution in [0.25, 0.3) is 0 Å². The van der Waals surface area contributed by atoms with Crippen molar-refractivity contribution in [2.45, 2.75) is 12.8 Å². The zero-order valence-electron chi connectivity index (χ0n) is 11.4. The molecule has 0 radical (unpaired) electrons. The number of aliphatic hydroxyl groups is 1. The summed E-state index contributed by atoms with van der Waals surface area (Å²) >= 11 is 0. The Morgan fingerprint density at radius 2 is 2.10 bits per heavy atom. The van der Waals surface area contributed by atoms with Crippen molar-refractivity contribution in [2.24, 2.45) is 0 Å². The van der Waals surface area contributed by atoms with Crippen LogP contribution in [0.15, 0.2) is 18.2 Å². The Labute approximate surface area is 120 Å². The molecule has 0 saturated carbocycles. The first-order valence-electron chi connectivity index (χ1n) is 6.38. The lowest BCUT2D eigenvalue weighted by molar-refractivity contribution is -0.116. The molecule has 0 aliphatic carbocycles. The molecule has 0 fully saturated rings. The summed E-state index contributed by atoms with van der Waals surface area (Å²) in [4.78, 5) is 13.0. The molecular formula is C13H18F3N3O2. The Kier molecular flexibility index (Phi) is 6.97. The molecule has 118 valence electrons. The second-order valence-electron chi connectivity index (χ2n) is 4.45. The molecule has 4 N–H and O–H groups in total. The van der Waals surface area contributed by atoms with Crippen LogP contribution < -0.4 is 11.1 Å². The van der Waals surface area contributed by atoms with E-state index in [-0.39, 0.29) is 31.8 Å². The molecule has 5 nitrogen and oxygen atoms in total. The van der Waals surface area contributed by atoms with Crippen molar-refractivity contribution in [3.8, 4) is 0 Å². The lowest BCUT2D eigenvalue weighted by Crippen LogP contribution is -2.34. The van der Waals surface area contributed by atoms with Gasteiger partial charge in [-0.25, -0.2) is 13.2 Å². The summed E-state index contributed by atoms with van der Waals surface area (Å²) < 4.78 is 37.5. The lowest BCUT2D eigenvalue weighted by atomic mass is 10.2. The molecular weight excluding hydrogens is 287 g/mol. The van der Waals surface area contributed by atoms with Crippen LogP contribution in [0, 0.1) is 5.82 Å². The van der Waals surface area contributed by atoms with Gasteiger partial charge in [0.25, 0.3) is 6.43 Å². The van der Waals surface area contributed by atoms with E-state index in [1.807, 2.05) is 0 Å². The molecule has 0 aliphatic rings. The van der Waals surface area contributed by atoms with Gasteiger partial charge in [-0.3, -0.25) is 9.69 Å². The number of rotatable bonds is 8. The smallest absolute Gasteiger partial charge is 0.251 e. The molecule has 0 bridgehead atoms. The number of nitrogens with one attached hydrogen (secondary N) is 1. The summed E-state index contributed by atoms with van der Waals surface area (Å²) in [6.45, 7) is -0.602. The van der Waals surface area contributed by atoms with Crippen molar-refractivity contribution >= 4 is 17.3 Å². The van der Waals surface area contributed by atoms with Crippen molar-refractivity contribution in [3.05, 3.63) is 24.0 Å². The maximum Gasteiger partial charge on any atom is 0.251 e. The number of carbonyl (C=O) groups excluding carboxylic acids is 1. The van der Waals surface area contributed by atoms with E-state index in [9.17, 15) is 18.0 Å². The Morgan fingerprint density at radius 1 is 1.38 bits per heavy atom. The van der Waals surface area contributed by atoms with Crippen molar-refractivity contribution in [2.75, 3.05) is 37.3 Å². The zero-order chi connectivity index (χ0) is 15.8. The SMILES string of the molecule is Nc1cc(NC(=O)CCN(CCO)CC(F)F)ccc1F. The molecule has 1 aromatic rings. The number of amides is 1. The van der Waals surface area contributed by atoms with E-state index in [0.717, 1.165) is 6.07 Å². The van der Waals surface area contributed by atoms with Crippen molar-refractivity contribution < 1.29 is 23.1 Å². The number of hydrogen-bond acceptors (Lipinski definition) is 4. The fourth-order valence-corrected chi connectivity index (χ4v) is 1.74. The molecule has 0 unspecified atom stereocenters. The second-order valence-corrected chi connectivity index (χ2v) is 4.45. The summed E-state index contributed by atoms with van der Waals surface area (Å²) in [5.41, 5.74) is 5.61. The molecule has 0 atom stereocenters. The molecule has 0 heterocycles. The minimum absolute atomic E-state index is 0.0238. The minimum atomic E-state index is -2.53. The highest BCUT2D eigenvalue weighted by Gasteiger charge is 2.13. The van der Waals surface area contributed by atoms with Crippen LogP contribution in [-0.4, -0.2) is 48.6 Å². The number of nitrogens with two attached hydrogens (primary N) is 1. The predicted molar refractivity (Wildman–Crippen MR) is 73.6 cm³/mol. The number of anilines is 2. The van der Waals surface area contributed by atoms with E-state index in [2.05, 4.69) is 5.32 Å². The number of nitrogens with zero attached hydrogens (tertiary/aromatic N) is 1. The van der Waals surface area contributed by atoms with E-state index < -0.39 is 24.7 Å². The highest BCUT2D eigenvalue weighted by atomic mass is 19.3. The number of carbonyl (C=O) groups is 1. The first kappa shape index (κ1) is 17.3. The lowest BCUT2D eigenvalue weighted by Gasteiger charge is -2.20. The van der Waals surface area contributed by atoms with Gasteiger partial charge in [0.15, 0.2) is 0 Å². The molecule has 21 heavy (non-hydrogen) atoms. The maximum absolute atomic E-state index is 13.0. The van der Waals surface area contributed by atoms with Crippen LogP contribution >= 0.6 is 0 Å². The molecule has 0 saturated heterocycles. The van der Waals surface area contributed by atoms with Crippen molar-refractivity contribution in [1.82, 2.24) is 4.90 Å². The number of alkyl halides is 2. The summed E-state index contributed by atoms with van der Waals surface area (Å²) in [6.07, 6.45) is -2.55. The van der Waals surface area contributed by atoms with Gasteiger partial charge in [0.2, 0.25) is 5.91 Å². The van der Waals surface area contributed by atoms with Gasteiger partial charge in [-0.15, -0.1) is 0 Å². The average molecular weight is 305 g/mol. The topological polar surface area (TPSA) is 78.6 Å². The summed E-state index contributed by atoms with van der Waals surface area (Å²) in [7, 11) is 0. The molecule has 8 heteroatoms. The number of hydrogen-bond donors (Lipinski definition) is 3. The summed E-state index contributed by atoms with van der Waals surface area (Å²) in [5.74, 6) is -0.989. The van der Waals surface area contributed by atoms with Gasteiger partial charge in [-0.1, -0.05) is 0 Å². The average Bonchev–Trinajstić information content (AvgIpc) is 2.40. The Bertz CT molecular complexity index is 472. The monoisotopic (exact) mass is 305 g/mol. The van der Waals surface area contributed by atoms with Crippen LogP contribution in [-0.2, 0) is 4.79 Å². The molecule has 1 rings (SSSR count). The molecule has 0 aliphatic heterocycles. The van der Waals surface area contributed by atoms with Gasteiger partial charge >= 0.3 is 0 Å². The fraction of sp³-hybridized carbons (Fsp3) is 0.462. The van der Waals surface area contributed by atoms with Crippen molar-refractivity contribution in [1.29, 1.82) is 0 Å². The van der Waals surface area contributed by atoms with Gasteiger partial charge in [0, 0.05) is 25.2 Å². The van der Waals surface area contributed by atoms with Gasteiger partial charge in [0.05, 0.1) is 18.8 Å². The first-order valence-corrected chi connectivity index (χ1v) is 6.38. The molecule has 0 aromatic heterocycles. The zero-order valence-corrected chi connectivity index (χ0v) is 11.4. The Morgan fingerprint density at radius 3 is 2.67 bits per heavy atom. The third kappa shape index (κ3) is 6.46. The highest BCUT2D eigenvalue weighted by Crippen LogP contribution is 2.16. The van der Waals surface area contributed by atoms with Crippen LogP contribution in [0.4, 0.5) is 24.5 Å². The summed E-state index contributed by atoms with van der Waals surface area (Å²) in [6, 6.07) is 3.76. The summed E-state index contributed by atoms with van der Waals surface area (Å²) in [5, 5.41) is 11.3. The third-order valence-corrected chi connectivity index (χ3v) is 2.75. The molecule has 0 spiro atoms. The van der Waals surface area contributed by atoms with Gasteiger partial charge in [-0.2, -0.15) is 0 Å². The first-order chi connectivity index (χ1) is 9.92. The quantitative estimate of drug-likeness (QED) is 0.633. The Hall–Kier alpha value is -1.80.